The highest BCUT2D eigenvalue weighted by Crippen LogP contribution is 2.15. The Labute approximate surface area is 146 Å². The number of amides is 2. The van der Waals surface area contributed by atoms with Crippen molar-refractivity contribution in [3.8, 4) is 0 Å². The molecule has 0 bridgehead atoms. The first-order valence-electron chi connectivity index (χ1n) is 7.84. The van der Waals surface area contributed by atoms with Gasteiger partial charge < -0.3 is 10.6 Å². The second-order valence-electron chi connectivity index (χ2n) is 5.82. The molecule has 0 aliphatic carbocycles. The van der Waals surface area contributed by atoms with Crippen molar-refractivity contribution in [3.05, 3.63) is 59.7 Å². The lowest BCUT2D eigenvalue weighted by Gasteiger charge is -2.16. The lowest BCUT2D eigenvalue weighted by atomic mass is 10.2. The maximum absolute atomic E-state index is 13.2. The van der Waals surface area contributed by atoms with E-state index in [9.17, 15) is 14.0 Å². The van der Waals surface area contributed by atoms with Gasteiger partial charge in [-0.2, -0.15) is 0 Å². The summed E-state index contributed by atoms with van der Waals surface area (Å²) in [5.41, 5.74) is 2.14. The Morgan fingerprint density at radius 1 is 1.24 bits per heavy atom. The van der Waals surface area contributed by atoms with Gasteiger partial charge in [0.05, 0.1) is 13.1 Å². The lowest BCUT2D eigenvalue weighted by Crippen LogP contribution is -2.39. The Balaban J connectivity index is 1.75. The molecule has 0 fully saturated rings. The van der Waals surface area contributed by atoms with Crippen molar-refractivity contribution in [2.45, 2.75) is 13.5 Å². The summed E-state index contributed by atoms with van der Waals surface area (Å²) in [4.78, 5) is 29.6. The van der Waals surface area contributed by atoms with E-state index in [0.29, 0.717) is 12.2 Å². The summed E-state index contributed by atoms with van der Waals surface area (Å²) >= 11 is 0. The third-order valence-corrected chi connectivity index (χ3v) is 3.51. The molecular weight excluding hydrogens is 323 g/mol. The predicted octanol–water partition coefficient (Wildman–Crippen LogP) is 1.72. The van der Waals surface area contributed by atoms with Crippen LogP contribution < -0.4 is 10.6 Å². The summed E-state index contributed by atoms with van der Waals surface area (Å²) in [6, 6.07) is 7.91. The topological polar surface area (TPSA) is 74.3 Å². The monoisotopic (exact) mass is 344 g/mol. The Kier molecular flexibility index (Phi) is 6.59. The molecule has 2 rings (SSSR count). The van der Waals surface area contributed by atoms with Crippen molar-refractivity contribution in [1.29, 1.82) is 0 Å². The van der Waals surface area contributed by atoms with Gasteiger partial charge in [-0.15, -0.1) is 0 Å². The number of carbonyl (C=O) groups excluding carboxylic acids is 2. The SMILES string of the molecule is Cc1ccc(F)cc1NC(=O)CNC(=O)CN(C)Cc1cccnc1. The van der Waals surface area contributed by atoms with Gasteiger partial charge in [-0.05, 0) is 43.3 Å². The first-order chi connectivity index (χ1) is 11.9. The zero-order chi connectivity index (χ0) is 18.2. The van der Waals surface area contributed by atoms with Crippen LogP contribution in [0.3, 0.4) is 0 Å². The van der Waals surface area contributed by atoms with Crippen molar-refractivity contribution in [3.63, 3.8) is 0 Å². The van der Waals surface area contributed by atoms with E-state index in [0.717, 1.165) is 11.1 Å². The largest absolute Gasteiger partial charge is 0.346 e. The Morgan fingerprint density at radius 3 is 2.76 bits per heavy atom. The maximum Gasteiger partial charge on any atom is 0.243 e. The van der Waals surface area contributed by atoms with Crippen molar-refractivity contribution in [2.75, 3.05) is 25.5 Å². The summed E-state index contributed by atoms with van der Waals surface area (Å²) < 4.78 is 13.2. The highest BCUT2D eigenvalue weighted by molar-refractivity contribution is 5.95. The van der Waals surface area contributed by atoms with E-state index in [1.165, 1.54) is 12.1 Å². The normalized spacial score (nSPS) is 10.6. The van der Waals surface area contributed by atoms with Crippen LogP contribution in [0, 0.1) is 12.7 Å². The average molecular weight is 344 g/mol. The smallest absolute Gasteiger partial charge is 0.243 e. The Bertz CT molecular complexity index is 737. The molecule has 1 aromatic carbocycles. The number of nitrogens with zero attached hydrogens (tertiary/aromatic N) is 2. The van der Waals surface area contributed by atoms with E-state index in [1.807, 2.05) is 24.1 Å². The molecule has 1 aromatic heterocycles. The lowest BCUT2D eigenvalue weighted by molar-refractivity contribution is -0.124. The van der Waals surface area contributed by atoms with Crippen molar-refractivity contribution < 1.29 is 14.0 Å². The van der Waals surface area contributed by atoms with E-state index < -0.39 is 11.7 Å². The minimum Gasteiger partial charge on any atom is -0.346 e. The summed E-state index contributed by atoms with van der Waals surface area (Å²) in [7, 11) is 1.81. The zero-order valence-corrected chi connectivity index (χ0v) is 14.3. The van der Waals surface area contributed by atoms with Crippen molar-refractivity contribution in [1.82, 2.24) is 15.2 Å². The quantitative estimate of drug-likeness (QED) is 0.802. The number of aryl methyl sites for hydroxylation is 1. The fraction of sp³-hybridized carbons (Fsp3) is 0.278. The van der Waals surface area contributed by atoms with Crippen LogP contribution >= 0.6 is 0 Å². The Hall–Kier alpha value is -2.80. The number of carbonyl (C=O) groups is 2. The van der Waals surface area contributed by atoms with Crippen LogP contribution in [0.25, 0.3) is 0 Å². The molecule has 0 spiro atoms. The highest BCUT2D eigenvalue weighted by Gasteiger charge is 2.10. The minimum atomic E-state index is -0.429. The number of rotatable bonds is 7. The molecule has 0 aliphatic heterocycles. The standard InChI is InChI=1S/C18H21FN4O2/c1-13-5-6-15(19)8-16(13)22-17(24)10-21-18(25)12-23(2)11-14-4-3-7-20-9-14/h3-9H,10-12H2,1-2H3,(H,21,25)(H,22,24). The molecule has 0 aliphatic rings. The van der Waals surface area contributed by atoms with Gasteiger partial charge in [0.15, 0.2) is 0 Å². The summed E-state index contributed by atoms with van der Waals surface area (Å²) in [6.07, 6.45) is 3.43. The van der Waals surface area contributed by atoms with Gasteiger partial charge >= 0.3 is 0 Å². The van der Waals surface area contributed by atoms with E-state index in [1.54, 1.807) is 25.4 Å². The summed E-state index contributed by atoms with van der Waals surface area (Å²) in [5.74, 6) is -1.10. The molecule has 0 radical (unpaired) electrons. The second-order valence-corrected chi connectivity index (χ2v) is 5.82. The molecule has 0 saturated carbocycles. The molecule has 0 unspecified atom stereocenters. The van der Waals surface area contributed by atoms with Crippen LogP contribution in [-0.4, -0.2) is 41.8 Å². The van der Waals surface area contributed by atoms with E-state index >= 15 is 0 Å². The molecule has 2 aromatic rings. The van der Waals surface area contributed by atoms with Gasteiger partial charge in [-0.3, -0.25) is 19.5 Å². The number of halogens is 1. The number of likely N-dealkylation sites (N-methyl/N-ethyl adjacent to an activating group) is 1. The van der Waals surface area contributed by atoms with Gasteiger partial charge in [0.2, 0.25) is 11.8 Å². The molecule has 132 valence electrons. The zero-order valence-electron chi connectivity index (χ0n) is 14.3. The first-order valence-corrected chi connectivity index (χ1v) is 7.84. The van der Waals surface area contributed by atoms with Gasteiger partial charge in [0, 0.05) is 24.6 Å². The van der Waals surface area contributed by atoms with Gasteiger partial charge in [-0.1, -0.05) is 12.1 Å². The maximum atomic E-state index is 13.2. The second kappa shape index (κ2) is 8.89. The van der Waals surface area contributed by atoms with E-state index in [4.69, 9.17) is 0 Å². The molecule has 7 heteroatoms. The predicted molar refractivity (Wildman–Crippen MR) is 93.3 cm³/mol. The summed E-state index contributed by atoms with van der Waals surface area (Å²) in [6.45, 7) is 2.33. The molecular formula is C18H21FN4O2. The molecule has 0 atom stereocenters. The molecule has 6 nitrogen and oxygen atoms in total. The van der Waals surface area contributed by atoms with Gasteiger partial charge in [0.25, 0.3) is 0 Å². The van der Waals surface area contributed by atoms with E-state index in [-0.39, 0.29) is 19.0 Å². The minimum absolute atomic E-state index is 0.154. The van der Waals surface area contributed by atoms with Crippen LogP contribution in [0.4, 0.5) is 10.1 Å². The van der Waals surface area contributed by atoms with Crippen LogP contribution in [0.5, 0.6) is 0 Å². The van der Waals surface area contributed by atoms with Crippen molar-refractivity contribution in [2.24, 2.45) is 0 Å². The number of pyridine rings is 1. The molecule has 0 saturated heterocycles. The van der Waals surface area contributed by atoms with Gasteiger partial charge in [-0.25, -0.2) is 4.39 Å². The third kappa shape index (κ3) is 6.31. The van der Waals surface area contributed by atoms with Gasteiger partial charge in [0.1, 0.15) is 5.82 Å². The number of anilines is 1. The Morgan fingerprint density at radius 2 is 2.04 bits per heavy atom. The number of aromatic nitrogens is 1. The van der Waals surface area contributed by atoms with Crippen LogP contribution in [0.15, 0.2) is 42.7 Å². The third-order valence-electron chi connectivity index (χ3n) is 3.51. The first kappa shape index (κ1) is 18.5. The van der Waals surface area contributed by atoms with Crippen LogP contribution in [0.2, 0.25) is 0 Å². The van der Waals surface area contributed by atoms with Crippen LogP contribution in [-0.2, 0) is 16.1 Å². The summed E-state index contributed by atoms with van der Waals surface area (Å²) in [5, 5.41) is 5.14. The molecule has 1 heterocycles. The molecule has 2 N–H and O–H groups in total. The number of hydrogen-bond acceptors (Lipinski definition) is 4. The number of hydrogen-bond donors (Lipinski definition) is 2. The number of benzene rings is 1. The van der Waals surface area contributed by atoms with E-state index in [2.05, 4.69) is 15.6 Å². The van der Waals surface area contributed by atoms with Crippen molar-refractivity contribution >= 4 is 17.5 Å². The fourth-order valence-electron chi connectivity index (χ4n) is 2.26. The number of nitrogens with one attached hydrogen (secondary N) is 2. The highest BCUT2D eigenvalue weighted by atomic mass is 19.1. The van der Waals surface area contributed by atoms with Crippen LogP contribution in [0.1, 0.15) is 11.1 Å². The fourth-order valence-corrected chi connectivity index (χ4v) is 2.26. The molecule has 2 amide bonds. The average Bonchev–Trinajstić information content (AvgIpc) is 2.57. The molecule has 25 heavy (non-hydrogen) atoms.